The first-order chi connectivity index (χ1) is 7.10. The largest absolute Gasteiger partial charge is 0.328 e. The van der Waals surface area contributed by atoms with Gasteiger partial charge in [-0.05, 0) is 25.7 Å². The highest BCUT2D eigenvalue weighted by atomic mass is 32.2. The molecule has 2 rings (SSSR count). The third-order valence-corrected chi connectivity index (χ3v) is 5.25. The lowest BCUT2D eigenvalue weighted by Crippen LogP contribution is -2.48. The van der Waals surface area contributed by atoms with Crippen LogP contribution in [0.25, 0.3) is 0 Å². The molecule has 0 bridgehead atoms. The van der Waals surface area contributed by atoms with E-state index in [4.69, 9.17) is 5.73 Å². The molecule has 5 nitrogen and oxygen atoms in total. The van der Waals surface area contributed by atoms with Crippen LogP contribution in [-0.2, 0) is 10.2 Å². The van der Waals surface area contributed by atoms with Gasteiger partial charge in [-0.15, -0.1) is 0 Å². The Labute approximate surface area is 91.4 Å². The van der Waals surface area contributed by atoms with Gasteiger partial charge in [-0.1, -0.05) is 0 Å². The smallest absolute Gasteiger partial charge is 0.281 e. The van der Waals surface area contributed by atoms with Crippen LogP contribution >= 0.6 is 0 Å². The summed E-state index contributed by atoms with van der Waals surface area (Å²) < 4.78 is 27.4. The van der Waals surface area contributed by atoms with Crippen LogP contribution in [0.2, 0.25) is 0 Å². The third kappa shape index (κ3) is 2.33. The van der Waals surface area contributed by atoms with Gasteiger partial charge in [0.2, 0.25) is 0 Å². The van der Waals surface area contributed by atoms with E-state index in [1.165, 1.54) is 0 Å². The first-order valence-corrected chi connectivity index (χ1v) is 7.01. The SMILES string of the molecule is NC1CCN(S(=O)(=O)N2CCCC2)CC1. The molecule has 15 heavy (non-hydrogen) atoms. The summed E-state index contributed by atoms with van der Waals surface area (Å²) >= 11 is 0. The first kappa shape index (κ1) is 11.3. The average Bonchev–Trinajstić information content (AvgIpc) is 2.71. The molecule has 2 fully saturated rings. The van der Waals surface area contributed by atoms with E-state index in [-0.39, 0.29) is 6.04 Å². The number of hydrogen-bond acceptors (Lipinski definition) is 3. The standard InChI is InChI=1S/C9H19N3O2S/c10-9-3-7-12(8-4-9)15(13,14)11-5-1-2-6-11/h9H,1-8,10H2. The Morgan fingerprint density at radius 2 is 1.40 bits per heavy atom. The minimum atomic E-state index is -3.17. The van der Waals surface area contributed by atoms with Gasteiger partial charge in [0, 0.05) is 32.2 Å². The van der Waals surface area contributed by atoms with Crippen LogP contribution in [0.1, 0.15) is 25.7 Å². The molecule has 0 saturated carbocycles. The van der Waals surface area contributed by atoms with Crippen LogP contribution in [0.15, 0.2) is 0 Å². The van der Waals surface area contributed by atoms with Gasteiger partial charge in [0.1, 0.15) is 0 Å². The third-order valence-electron chi connectivity index (χ3n) is 3.22. The number of rotatable bonds is 2. The summed E-state index contributed by atoms with van der Waals surface area (Å²) in [7, 11) is -3.17. The van der Waals surface area contributed by atoms with Crippen molar-refractivity contribution >= 4 is 10.2 Å². The fraction of sp³-hybridized carbons (Fsp3) is 1.00. The Hall–Kier alpha value is -0.170. The summed E-state index contributed by atoms with van der Waals surface area (Å²) in [5.41, 5.74) is 5.76. The molecule has 2 aliphatic heterocycles. The van der Waals surface area contributed by atoms with Crippen LogP contribution in [-0.4, -0.2) is 49.2 Å². The predicted molar refractivity (Wildman–Crippen MR) is 58.5 cm³/mol. The molecule has 6 heteroatoms. The zero-order valence-electron chi connectivity index (χ0n) is 8.93. The highest BCUT2D eigenvalue weighted by Crippen LogP contribution is 2.19. The average molecular weight is 233 g/mol. The van der Waals surface area contributed by atoms with Crippen molar-refractivity contribution in [2.45, 2.75) is 31.7 Å². The molecule has 0 aromatic heterocycles. The van der Waals surface area contributed by atoms with Crippen molar-refractivity contribution < 1.29 is 8.42 Å². The van der Waals surface area contributed by atoms with Gasteiger partial charge in [-0.2, -0.15) is 17.0 Å². The second-order valence-corrected chi connectivity index (χ2v) is 6.28. The van der Waals surface area contributed by atoms with E-state index in [0.29, 0.717) is 26.2 Å². The molecule has 0 unspecified atom stereocenters. The molecule has 2 aliphatic rings. The molecule has 0 aromatic carbocycles. The summed E-state index contributed by atoms with van der Waals surface area (Å²) in [5, 5.41) is 0. The van der Waals surface area contributed by atoms with Crippen LogP contribution in [0, 0.1) is 0 Å². The summed E-state index contributed by atoms with van der Waals surface area (Å²) in [5.74, 6) is 0. The number of nitrogens with two attached hydrogens (primary N) is 1. The number of nitrogens with zero attached hydrogens (tertiary/aromatic N) is 2. The van der Waals surface area contributed by atoms with E-state index < -0.39 is 10.2 Å². The van der Waals surface area contributed by atoms with Crippen LogP contribution < -0.4 is 5.73 Å². The maximum atomic E-state index is 12.1. The Bertz CT molecular complexity index is 303. The monoisotopic (exact) mass is 233 g/mol. The molecule has 0 atom stereocenters. The van der Waals surface area contributed by atoms with Crippen molar-refractivity contribution in [3.8, 4) is 0 Å². The molecular weight excluding hydrogens is 214 g/mol. The maximum absolute atomic E-state index is 12.1. The Balaban J connectivity index is 2.02. The molecule has 0 spiro atoms. The van der Waals surface area contributed by atoms with Gasteiger partial charge >= 0.3 is 0 Å². The van der Waals surface area contributed by atoms with Gasteiger partial charge in [-0.25, -0.2) is 0 Å². The number of hydrogen-bond donors (Lipinski definition) is 1. The number of piperidine rings is 1. The first-order valence-electron chi connectivity index (χ1n) is 5.61. The highest BCUT2D eigenvalue weighted by Gasteiger charge is 2.33. The van der Waals surface area contributed by atoms with Crippen LogP contribution in [0.5, 0.6) is 0 Å². The normalized spacial score (nSPS) is 27.3. The summed E-state index contributed by atoms with van der Waals surface area (Å²) in [6.45, 7) is 2.54. The summed E-state index contributed by atoms with van der Waals surface area (Å²) in [6, 6.07) is 0.176. The topological polar surface area (TPSA) is 66.6 Å². The van der Waals surface area contributed by atoms with E-state index >= 15 is 0 Å². The Morgan fingerprint density at radius 3 is 1.93 bits per heavy atom. The van der Waals surface area contributed by atoms with Gasteiger partial charge in [0.15, 0.2) is 0 Å². The molecule has 2 saturated heterocycles. The van der Waals surface area contributed by atoms with E-state index in [1.54, 1.807) is 8.61 Å². The lowest BCUT2D eigenvalue weighted by atomic mass is 10.1. The van der Waals surface area contributed by atoms with E-state index in [9.17, 15) is 8.42 Å². The maximum Gasteiger partial charge on any atom is 0.281 e. The van der Waals surface area contributed by atoms with Gasteiger partial charge in [-0.3, -0.25) is 0 Å². The van der Waals surface area contributed by atoms with Crippen molar-refractivity contribution in [1.29, 1.82) is 0 Å². The zero-order chi connectivity index (χ0) is 10.9. The second-order valence-electron chi connectivity index (χ2n) is 4.35. The van der Waals surface area contributed by atoms with Gasteiger partial charge < -0.3 is 5.73 Å². The molecule has 0 aliphatic carbocycles. The zero-order valence-corrected chi connectivity index (χ0v) is 9.75. The molecule has 88 valence electrons. The quantitative estimate of drug-likeness (QED) is 0.715. The molecule has 0 amide bonds. The second kappa shape index (κ2) is 4.37. The summed E-state index contributed by atoms with van der Waals surface area (Å²) in [4.78, 5) is 0. The molecule has 0 radical (unpaired) electrons. The Morgan fingerprint density at radius 1 is 0.933 bits per heavy atom. The predicted octanol–water partition coefficient (Wildman–Crippen LogP) is -0.250. The lowest BCUT2D eigenvalue weighted by molar-refractivity contribution is 0.296. The van der Waals surface area contributed by atoms with Gasteiger partial charge in [0.25, 0.3) is 10.2 Å². The van der Waals surface area contributed by atoms with E-state index in [0.717, 1.165) is 25.7 Å². The van der Waals surface area contributed by atoms with Gasteiger partial charge in [0.05, 0.1) is 0 Å². The lowest BCUT2D eigenvalue weighted by Gasteiger charge is -2.32. The van der Waals surface area contributed by atoms with Crippen LogP contribution in [0.4, 0.5) is 0 Å². The fourth-order valence-corrected chi connectivity index (χ4v) is 3.91. The molecule has 2 N–H and O–H groups in total. The van der Waals surface area contributed by atoms with Crippen molar-refractivity contribution in [3.05, 3.63) is 0 Å². The van der Waals surface area contributed by atoms with Crippen LogP contribution in [0.3, 0.4) is 0 Å². The van der Waals surface area contributed by atoms with Crippen molar-refractivity contribution in [2.24, 2.45) is 5.73 Å². The van der Waals surface area contributed by atoms with Crippen molar-refractivity contribution in [2.75, 3.05) is 26.2 Å². The molecule has 0 aromatic rings. The summed E-state index contributed by atoms with van der Waals surface area (Å²) in [6.07, 6.45) is 3.55. The minimum Gasteiger partial charge on any atom is -0.328 e. The minimum absolute atomic E-state index is 0.176. The fourth-order valence-electron chi connectivity index (χ4n) is 2.19. The van der Waals surface area contributed by atoms with Crippen molar-refractivity contribution in [3.63, 3.8) is 0 Å². The molecular formula is C9H19N3O2S. The van der Waals surface area contributed by atoms with E-state index in [1.807, 2.05) is 0 Å². The highest BCUT2D eigenvalue weighted by molar-refractivity contribution is 7.86. The molecule has 2 heterocycles. The van der Waals surface area contributed by atoms with E-state index in [2.05, 4.69) is 0 Å². The van der Waals surface area contributed by atoms with Crippen molar-refractivity contribution in [1.82, 2.24) is 8.61 Å². The Kier molecular flexibility index (Phi) is 3.30.